The summed E-state index contributed by atoms with van der Waals surface area (Å²) < 4.78 is 10.3. The summed E-state index contributed by atoms with van der Waals surface area (Å²) in [6, 6.07) is 9.88. The van der Waals surface area contributed by atoms with E-state index in [4.69, 9.17) is 9.47 Å². The summed E-state index contributed by atoms with van der Waals surface area (Å²) in [6.45, 7) is 4.67. The van der Waals surface area contributed by atoms with Gasteiger partial charge in [0.15, 0.2) is 0 Å². The number of carbonyl (C=O) groups is 1. The Morgan fingerprint density at radius 3 is 2.71 bits per heavy atom. The minimum absolute atomic E-state index is 0.302. The lowest BCUT2D eigenvalue weighted by Crippen LogP contribution is -2.26. The van der Waals surface area contributed by atoms with Crippen molar-refractivity contribution in [2.45, 2.75) is 33.0 Å². The smallest absolute Gasteiger partial charge is 0.312 e. The number of aliphatic hydroxyl groups is 1. The first-order valence-electron chi connectivity index (χ1n) is 7.10. The number of carbonyl (C=O) groups excluding carboxylic acids is 1. The van der Waals surface area contributed by atoms with Gasteiger partial charge in [-0.15, -0.1) is 0 Å². The molecule has 1 rings (SSSR count). The molecule has 114 valence electrons. The molecule has 0 fully saturated rings. The molecule has 21 heavy (non-hydrogen) atoms. The van der Waals surface area contributed by atoms with Crippen molar-refractivity contribution >= 4 is 5.97 Å². The zero-order valence-corrected chi connectivity index (χ0v) is 12.5. The largest absolute Gasteiger partial charge is 0.466 e. The van der Waals surface area contributed by atoms with E-state index in [2.05, 4.69) is 11.8 Å². The third-order valence-corrected chi connectivity index (χ3v) is 2.86. The highest BCUT2D eigenvalue weighted by Gasteiger charge is 2.21. The predicted octanol–water partition coefficient (Wildman–Crippen LogP) is 2.16. The van der Waals surface area contributed by atoms with E-state index in [-0.39, 0.29) is 0 Å². The predicted molar refractivity (Wildman–Crippen MR) is 80.3 cm³/mol. The van der Waals surface area contributed by atoms with Crippen molar-refractivity contribution in [2.24, 2.45) is 5.92 Å². The van der Waals surface area contributed by atoms with E-state index in [0.29, 0.717) is 26.2 Å². The van der Waals surface area contributed by atoms with Gasteiger partial charge in [-0.2, -0.15) is 0 Å². The molecule has 1 aromatic carbocycles. The van der Waals surface area contributed by atoms with Crippen molar-refractivity contribution in [1.29, 1.82) is 0 Å². The first kappa shape index (κ1) is 17.2. The van der Waals surface area contributed by atoms with E-state index < -0.39 is 18.0 Å². The molecule has 0 unspecified atom stereocenters. The van der Waals surface area contributed by atoms with Crippen molar-refractivity contribution in [3.05, 3.63) is 35.9 Å². The lowest BCUT2D eigenvalue weighted by molar-refractivity contribution is -0.149. The Kier molecular flexibility index (Phi) is 8.18. The molecule has 2 atom stereocenters. The minimum atomic E-state index is -1.00. The average Bonchev–Trinajstić information content (AvgIpc) is 2.51. The van der Waals surface area contributed by atoms with Crippen LogP contribution in [0.4, 0.5) is 0 Å². The fraction of sp³-hybridized carbons (Fsp3) is 0.471. The van der Waals surface area contributed by atoms with Gasteiger partial charge >= 0.3 is 5.97 Å². The van der Waals surface area contributed by atoms with Crippen LogP contribution in [0.2, 0.25) is 0 Å². The van der Waals surface area contributed by atoms with Crippen LogP contribution >= 0.6 is 0 Å². The van der Waals surface area contributed by atoms with Crippen LogP contribution in [-0.2, 0) is 20.9 Å². The molecular formula is C17H22O4. The van der Waals surface area contributed by atoms with Crippen molar-refractivity contribution in [2.75, 3.05) is 13.2 Å². The van der Waals surface area contributed by atoms with Gasteiger partial charge in [-0.3, -0.25) is 4.79 Å². The molecule has 4 heteroatoms. The fourth-order valence-electron chi connectivity index (χ4n) is 1.59. The summed E-state index contributed by atoms with van der Waals surface area (Å²) in [7, 11) is 0. The third-order valence-electron chi connectivity index (χ3n) is 2.86. The van der Waals surface area contributed by atoms with E-state index in [0.717, 1.165) is 5.56 Å². The molecule has 0 radical (unpaired) electrons. The summed E-state index contributed by atoms with van der Waals surface area (Å²) in [5, 5.41) is 9.73. The van der Waals surface area contributed by atoms with E-state index in [1.54, 1.807) is 13.8 Å². The highest BCUT2D eigenvalue weighted by molar-refractivity contribution is 5.73. The van der Waals surface area contributed by atoms with Crippen molar-refractivity contribution < 1.29 is 19.4 Å². The Morgan fingerprint density at radius 1 is 1.33 bits per heavy atom. The maximum absolute atomic E-state index is 11.4. The summed E-state index contributed by atoms with van der Waals surface area (Å²) in [4.78, 5) is 11.4. The molecule has 4 nitrogen and oxygen atoms in total. The van der Waals surface area contributed by atoms with Gasteiger partial charge < -0.3 is 14.6 Å². The first-order chi connectivity index (χ1) is 10.1. The van der Waals surface area contributed by atoms with Crippen molar-refractivity contribution in [3.8, 4) is 11.8 Å². The number of hydrogen-bond donors (Lipinski definition) is 1. The molecule has 0 saturated carbocycles. The summed E-state index contributed by atoms with van der Waals surface area (Å²) >= 11 is 0. The Hall–Kier alpha value is -1.83. The lowest BCUT2D eigenvalue weighted by atomic mass is 10.1. The molecular weight excluding hydrogens is 268 g/mol. The fourth-order valence-corrected chi connectivity index (χ4v) is 1.59. The molecule has 0 spiro atoms. The number of ether oxygens (including phenoxy) is 2. The Morgan fingerprint density at radius 2 is 2.05 bits per heavy atom. The first-order valence-corrected chi connectivity index (χ1v) is 7.10. The van der Waals surface area contributed by atoms with Crippen LogP contribution in [0.25, 0.3) is 0 Å². The molecule has 0 saturated heterocycles. The average molecular weight is 290 g/mol. The Balaban J connectivity index is 2.21. The maximum atomic E-state index is 11.4. The van der Waals surface area contributed by atoms with Crippen LogP contribution in [0, 0.1) is 17.8 Å². The van der Waals surface area contributed by atoms with E-state index in [9.17, 15) is 9.90 Å². The number of hydrogen-bond acceptors (Lipinski definition) is 4. The summed E-state index contributed by atoms with van der Waals surface area (Å²) in [5.74, 6) is 4.39. The summed E-state index contributed by atoms with van der Waals surface area (Å²) in [5.41, 5.74) is 1.11. The van der Waals surface area contributed by atoms with Gasteiger partial charge in [0.2, 0.25) is 0 Å². The zero-order chi connectivity index (χ0) is 15.5. The minimum Gasteiger partial charge on any atom is -0.466 e. The van der Waals surface area contributed by atoms with Gasteiger partial charge in [0.05, 0.1) is 25.7 Å². The van der Waals surface area contributed by atoms with Crippen LogP contribution in [-0.4, -0.2) is 30.4 Å². The molecule has 0 aliphatic heterocycles. The SMILES string of the molecule is CCOC(=O)[C@H](C)[C@@H](O)C#CCCOCc1ccccc1. The van der Waals surface area contributed by atoms with Crippen LogP contribution in [0.15, 0.2) is 30.3 Å². The van der Waals surface area contributed by atoms with Gasteiger partial charge in [0.25, 0.3) is 0 Å². The number of rotatable bonds is 7. The van der Waals surface area contributed by atoms with E-state index in [1.165, 1.54) is 0 Å². The molecule has 1 N–H and O–H groups in total. The molecule has 0 bridgehead atoms. The summed E-state index contributed by atoms with van der Waals surface area (Å²) in [6.07, 6.45) is -0.488. The molecule has 0 amide bonds. The van der Waals surface area contributed by atoms with Crippen molar-refractivity contribution in [3.63, 3.8) is 0 Å². The third kappa shape index (κ3) is 6.94. The van der Waals surface area contributed by atoms with Crippen LogP contribution in [0.1, 0.15) is 25.8 Å². The molecule has 0 aromatic heterocycles. The second-order valence-electron chi connectivity index (χ2n) is 4.59. The second kappa shape index (κ2) is 9.98. The number of esters is 1. The molecule has 1 aromatic rings. The van der Waals surface area contributed by atoms with Crippen molar-refractivity contribution in [1.82, 2.24) is 0 Å². The van der Waals surface area contributed by atoms with Gasteiger partial charge in [0, 0.05) is 6.42 Å². The molecule has 0 heterocycles. The van der Waals surface area contributed by atoms with Gasteiger partial charge in [0.1, 0.15) is 6.10 Å². The van der Waals surface area contributed by atoms with E-state index >= 15 is 0 Å². The highest BCUT2D eigenvalue weighted by atomic mass is 16.5. The molecule has 0 aliphatic rings. The van der Waals surface area contributed by atoms with Crippen LogP contribution in [0.3, 0.4) is 0 Å². The number of benzene rings is 1. The standard InChI is InChI=1S/C17H22O4/c1-3-21-17(19)14(2)16(18)11-7-8-12-20-13-15-9-5-4-6-10-15/h4-6,9-10,14,16,18H,3,8,12-13H2,1-2H3/t14-,16+/m1/s1. The molecule has 0 aliphatic carbocycles. The normalized spacial score (nSPS) is 12.9. The lowest BCUT2D eigenvalue weighted by Gasteiger charge is -2.11. The zero-order valence-electron chi connectivity index (χ0n) is 12.5. The highest BCUT2D eigenvalue weighted by Crippen LogP contribution is 2.05. The number of aliphatic hydroxyl groups excluding tert-OH is 1. The topological polar surface area (TPSA) is 55.8 Å². The van der Waals surface area contributed by atoms with E-state index in [1.807, 2.05) is 30.3 Å². The quantitative estimate of drug-likeness (QED) is 0.475. The van der Waals surface area contributed by atoms with Gasteiger partial charge in [-0.05, 0) is 19.4 Å². The van der Waals surface area contributed by atoms with Crippen LogP contribution in [0.5, 0.6) is 0 Å². The Bertz CT molecular complexity index is 473. The van der Waals surface area contributed by atoms with Gasteiger partial charge in [-0.25, -0.2) is 0 Å². The van der Waals surface area contributed by atoms with Gasteiger partial charge in [-0.1, -0.05) is 42.2 Å². The second-order valence-corrected chi connectivity index (χ2v) is 4.59. The monoisotopic (exact) mass is 290 g/mol. The van der Waals surface area contributed by atoms with Crippen LogP contribution < -0.4 is 0 Å². The Labute approximate surface area is 126 Å². The maximum Gasteiger partial charge on any atom is 0.312 e.